The molecule has 0 heterocycles. The summed E-state index contributed by atoms with van der Waals surface area (Å²) in [6.07, 6.45) is 0.0871. The largest absolute Gasteiger partial charge is 0.390 e. The van der Waals surface area contributed by atoms with Crippen LogP contribution in [0.15, 0.2) is 24.3 Å². The normalized spacial score (nSPS) is 22.0. The van der Waals surface area contributed by atoms with E-state index in [0.717, 1.165) is 11.1 Å². The summed E-state index contributed by atoms with van der Waals surface area (Å²) in [5.41, 5.74) is 2.15. The van der Waals surface area contributed by atoms with E-state index in [1.165, 1.54) is 0 Å². The van der Waals surface area contributed by atoms with Crippen molar-refractivity contribution in [2.45, 2.75) is 38.5 Å². The molecular weight excluding hydrogens is 228 g/mol. The second-order valence-corrected chi connectivity index (χ2v) is 5.05. The maximum Gasteiger partial charge on any atom is 0.234 e. The van der Waals surface area contributed by atoms with E-state index in [9.17, 15) is 9.90 Å². The molecule has 0 aromatic heterocycles. The summed E-state index contributed by atoms with van der Waals surface area (Å²) < 4.78 is 0. The Bertz CT molecular complexity index is 432. The highest BCUT2D eigenvalue weighted by atomic mass is 16.3. The zero-order valence-corrected chi connectivity index (χ0v) is 10.8. The highest BCUT2D eigenvalue weighted by Crippen LogP contribution is 2.30. The molecule has 0 saturated carbocycles. The summed E-state index contributed by atoms with van der Waals surface area (Å²) in [5.74, 6) is -0.0792. The minimum absolute atomic E-state index is 0.0792. The third-order valence-electron chi connectivity index (χ3n) is 3.19. The van der Waals surface area contributed by atoms with E-state index in [1.54, 1.807) is 0 Å². The first-order chi connectivity index (χ1) is 8.58. The van der Waals surface area contributed by atoms with Crippen LogP contribution in [0.1, 0.15) is 31.0 Å². The van der Waals surface area contributed by atoms with Gasteiger partial charge >= 0.3 is 0 Å². The minimum Gasteiger partial charge on any atom is -0.390 e. The van der Waals surface area contributed by atoms with Gasteiger partial charge in [0.05, 0.1) is 18.7 Å². The smallest absolute Gasteiger partial charge is 0.234 e. The Hall–Kier alpha value is -1.39. The van der Waals surface area contributed by atoms with Crippen LogP contribution in [0.4, 0.5) is 0 Å². The van der Waals surface area contributed by atoms with Crippen molar-refractivity contribution in [3.63, 3.8) is 0 Å². The fourth-order valence-corrected chi connectivity index (χ4v) is 2.27. The molecule has 3 N–H and O–H groups in total. The van der Waals surface area contributed by atoms with Crippen molar-refractivity contribution < 1.29 is 9.90 Å². The molecule has 4 heteroatoms. The van der Waals surface area contributed by atoms with E-state index in [1.807, 2.05) is 38.1 Å². The van der Waals surface area contributed by atoms with E-state index < -0.39 is 6.10 Å². The lowest BCUT2D eigenvalue weighted by molar-refractivity contribution is -0.121. The molecule has 18 heavy (non-hydrogen) atoms. The molecule has 1 aliphatic rings. The van der Waals surface area contributed by atoms with Crippen molar-refractivity contribution >= 4 is 5.91 Å². The number of amides is 1. The summed E-state index contributed by atoms with van der Waals surface area (Å²) in [5, 5.41) is 16.0. The maximum absolute atomic E-state index is 11.8. The van der Waals surface area contributed by atoms with Gasteiger partial charge in [0, 0.05) is 12.5 Å². The van der Waals surface area contributed by atoms with Crippen LogP contribution in [0.5, 0.6) is 0 Å². The minimum atomic E-state index is -0.523. The molecule has 2 atom stereocenters. The Morgan fingerprint density at radius 3 is 2.89 bits per heavy atom. The Labute approximate surface area is 107 Å². The zero-order chi connectivity index (χ0) is 13.1. The van der Waals surface area contributed by atoms with Gasteiger partial charge in [0.15, 0.2) is 0 Å². The van der Waals surface area contributed by atoms with E-state index in [2.05, 4.69) is 10.6 Å². The first-order valence-electron chi connectivity index (χ1n) is 6.36. The van der Waals surface area contributed by atoms with Crippen molar-refractivity contribution in [3.05, 3.63) is 35.4 Å². The number of aliphatic hydroxyl groups is 1. The van der Waals surface area contributed by atoms with Gasteiger partial charge in [-0.3, -0.25) is 4.79 Å². The quantitative estimate of drug-likeness (QED) is 0.737. The summed E-state index contributed by atoms with van der Waals surface area (Å²) in [4.78, 5) is 11.8. The molecule has 0 aliphatic heterocycles. The van der Waals surface area contributed by atoms with Gasteiger partial charge in [-0.05, 0) is 11.1 Å². The van der Waals surface area contributed by atoms with Crippen molar-refractivity contribution in [1.82, 2.24) is 10.6 Å². The first kappa shape index (κ1) is 13.1. The lowest BCUT2D eigenvalue weighted by atomic mass is 10.1. The molecular formula is C14H20N2O2. The van der Waals surface area contributed by atoms with Crippen LogP contribution in [0.25, 0.3) is 0 Å². The van der Waals surface area contributed by atoms with Crippen LogP contribution < -0.4 is 10.6 Å². The molecule has 0 radical (unpaired) electrons. The van der Waals surface area contributed by atoms with Crippen LogP contribution in [-0.4, -0.2) is 29.7 Å². The van der Waals surface area contributed by atoms with Gasteiger partial charge in [-0.15, -0.1) is 0 Å². The average Bonchev–Trinajstić information content (AvgIpc) is 2.64. The van der Waals surface area contributed by atoms with Crippen LogP contribution in [0.3, 0.4) is 0 Å². The van der Waals surface area contributed by atoms with E-state index >= 15 is 0 Å². The van der Waals surface area contributed by atoms with Gasteiger partial charge in [0.1, 0.15) is 0 Å². The van der Waals surface area contributed by atoms with Gasteiger partial charge in [-0.2, -0.15) is 0 Å². The zero-order valence-electron chi connectivity index (χ0n) is 10.8. The summed E-state index contributed by atoms with van der Waals surface area (Å²) in [6, 6.07) is 7.85. The lowest BCUT2D eigenvalue weighted by Crippen LogP contribution is -2.41. The van der Waals surface area contributed by atoms with E-state index in [0.29, 0.717) is 6.42 Å². The Balaban J connectivity index is 1.99. The molecule has 1 aromatic rings. The highest BCUT2D eigenvalue weighted by molar-refractivity contribution is 5.78. The molecule has 0 unspecified atom stereocenters. The number of aliphatic hydroxyl groups excluding tert-OH is 1. The molecule has 0 saturated heterocycles. The monoisotopic (exact) mass is 248 g/mol. The number of hydrogen-bond acceptors (Lipinski definition) is 3. The molecule has 0 spiro atoms. The lowest BCUT2D eigenvalue weighted by Gasteiger charge is -2.18. The summed E-state index contributed by atoms with van der Waals surface area (Å²) in [6.45, 7) is 4.27. The molecule has 1 aliphatic carbocycles. The SMILES string of the molecule is CC(C)NCC(=O)N[C@@H]1c2ccccc2C[C@@H]1O. The van der Waals surface area contributed by atoms with Crippen LogP contribution in [0.2, 0.25) is 0 Å². The molecule has 2 rings (SSSR count). The predicted molar refractivity (Wildman–Crippen MR) is 70.2 cm³/mol. The van der Waals surface area contributed by atoms with Crippen LogP contribution in [0, 0.1) is 0 Å². The second kappa shape index (κ2) is 5.50. The number of carbonyl (C=O) groups excluding carboxylic acids is 1. The van der Waals surface area contributed by atoms with E-state index in [-0.39, 0.29) is 24.5 Å². The number of hydrogen-bond donors (Lipinski definition) is 3. The fraction of sp³-hybridized carbons (Fsp3) is 0.500. The van der Waals surface area contributed by atoms with Crippen LogP contribution in [-0.2, 0) is 11.2 Å². The van der Waals surface area contributed by atoms with Crippen molar-refractivity contribution in [1.29, 1.82) is 0 Å². The molecule has 0 bridgehead atoms. The fourth-order valence-electron chi connectivity index (χ4n) is 2.27. The van der Waals surface area contributed by atoms with Crippen molar-refractivity contribution in [2.24, 2.45) is 0 Å². The third kappa shape index (κ3) is 2.89. The number of fused-ring (bicyclic) bond motifs is 1. The summed E-state index contributed by atoms with van der Waals surface area (Å²) >= 11 is 0. The first-order valence-corrected chi connectivity index (χ1v) is 6.36. The van der Waals surface area contributed by atoms with Crippen LogP contribution >= 0.6 is 0 Å². The second-order valence-electron chi connectivity index (χ2n) is 5.05. The molecule has 98 valence electrons. The number of benzene rings is 1. The predicted octanol–water partition coefficient (Wildman–Crippen LogP) is 0.759. The molecule has 4 nitrogen and oxygen atoms in total. The Morgan fingerprint density at radius 2 is 2.17 bits per heavy atom. The molecule has 0 fully saturated rings. The Kier molecular flexibility index (Phi) is 3.99. The average molecular weight is 248 g/mol. The highest BCUT2D eigenvalue weighted by Gasteiger charge is 2.31. The van der Waals surface area contributed by atoms with Gasteiger partial charge in [0.25, 0.3) is 0 Å². The van der Waals surface area contributed by atoms with Gasteiger partial charge < -0.3 is 15.7 Å². The van der Waals surface area contributed by atoms with Crippen molar-refractivity contribution in [2.75, 3.05) is 6.54 Å². The van der Waals surface area contributed by atoms with Gasteiger partial charge in [-0.1, -0.05) is 38.1 Å². The topological polar surface area (TPSA) is 61.4 Å². The number of rotatable bonds is 4. The van der Waals surface area contributed by atoms with E-state index in [4.69, 9.17) is 0 Å². The number of nitrogens with one attached hydrogen (secondary N) is 2. The summed E-state index contributed by atoms with van der Waals surface area (Å²) in [7, 11) is 0. The van der Waals surface area contributed by atoms with Crippen molar-refractivity contribution in [3.8, 4) is 0 Å². The van der Waals surface area contributed by atoms with Gasteiger partial charge in [0.2, 0.25) is 5.91 Å². The molecule has 1 amide bonds. The molecule has 1 aromatic carbocycles. The number of carbonyl (C=O) groups is 1. The standard InChI is InChI=1S/C14H20N2O2/c1-9(2)15-8-13(18)16-14-11-6-4-3-5-10(11)7-12(14)17/h3-6,9,12,14-15,17H,7-8H2,1-2H3,(H,16,18)/t12-,14+/m0/s1. The Morgan fingerprint density at radius 1 is 1.44 bits per heavy atom. The van der Waals surface area contributed by atoms with Gasteiger partial charge in [-0.25, -0.2) is 0 Å². The maximum atomic E-state index is 11.8. The third-order valence-corrected chi connectivity index (χ3v) is 3.19.